The highest BCUT2D eigenvalue weighted by atomic mass is 19.1. The van der Waals surface area contributed by atoms with Gasteiger partial charge in [-0.3, -0.25) is 4.90 Å². The lowest BCUT2D eigenvalue weighted by atomic mass is 10.0. The predicted molar refractivity (Wildman–Crippen MR) is 59.6 cm³/mol. The van der Waals surface area contributed by atoms with Crippen LogP contribution in [-0.4, -0.2) is 42.0 Å². The molecule has 1 fully saturated rings. The third kappa shape index (κ3) is 2.55. The van der Waals surface area contributed by atoms with E-state index in [1.807, 2.05) is 30.3 Å². The molecular weight excluding hydrogens is 225 g/mol. The molecule has 2 atom stereocenters. The average Bonchev–Trinajstić information content (AvgIpc) is 2.39. The highest BCUT2D eigenvalue weighted by Gasteiger charge is 2.33. The van der Waals surface area contributed by atoms with Crippen molar-refractivity contribution < 1.29 is 19.0 Å². The normalized spacial score (nSPS) is 24.6. The van der Waals surface area contributed by atoms with Gasteiger partial charge in [0.05, 0.1) is 19.2 Å². The van der Waals surface area contributed by atoms with Crippen LogP contribution in [0.1, 0.15) is 11.6 Å². The van der Waals surface area contributed by atoms with Crippen LogP contribution in [-0.2, 0) is 4.74 Å². The largest absolute Gasteiger partial charge is 0.465 e. The molecule has 4 nitrogen and oxygen atoms in total. The lowest BCUT2D eigenvalue weighted by molar-refractivity contribution is -0.0629. The van der Waals surface area contributed by atoms with Gasteiger partial charge >= 0.3 is 6.09 Å². The molecule has 1 N–H and O–H groups in total. The zero-order chi connectivity index (χ0) is 12.3. The van der Waals surface area contributed by atoms with Crippen LogP contribution in [0.3, 0.4) is 0 Å². The lowest BCUT2D eigenvalue weighted by Gasteiger charge is -2.37. The van der Waals surface area contributed by atoms with E-state index in [9.17, 15) is 9.18 Å². The van der Waals surface area contributed by atoms with Crippen LogP contribution in [0, 0.1) is 0 Å². The minimum atomic E-state index is -1.04. The van der Waals surface area contributed by atoms with Gasteiger partial charge in [0.25, 0.3) is 0 Å². The van der Waals surface area contributed by atoms with Crippen LogP contribution in [0.2, 0.25) is 0 Å². The van der Waals surface area contributed by atoms with Gasteiger partial charge in [-0.2, -0.15) is 0 Å². The second-order valence-electron chi connectivity index (χ2n) is 3.97. The van der Waals surface area contributed by atoms with Gasteiger partial charge in [0, 0.05) is 0 Å². The van der Waals surface area contributed by atoms with Gasteiger partial charge in [0.1, 0.15) is 12.8 Å². The molecule has 0 saturated carbocycles. The van der Waals surface area contributed by atoms with Gasteiger partial charge in [0.15, 0.2) is 0 Å². The maximum atomic E-state index is 12.5. The van der Waals surface area contributed by atoms with Crippen molar-refractivity contribution in [1.29, 1.82) is 0 Å². The van der Waals surface area contributed by atoms with Crippen molar-refractivity contribution in [2.45, 2.75) is 12.1 Å². The molecule has 1 saturated heterocycles. The number of hydrogen-bond donors (Lipinski definition) is 1. The summed E-state index contributed by atoms with van der Waals surface area (Å²) in [6.07, 6.45) is -1.69. The third-order valence-corrected chi connectivity index (χ3v) is 2.87. The van der Waals surface area contributed by atoms with Crippen molar-refractivity contribution >= 4 is 6.09 Å². The number of hydrogen-bond acceptors (Lipinski definition) is 2. The third-order valence-electron chi connectivity index (χ3n) is 2.87. The Labute approximate surface area is 98.6 Å². The molecule has 1 heterocycles. The predicted octanol–water partition coefficient (Wildman–Crippen LogP) is 2.08. The van der Waals surface area contributed by atoms with Crippen LogP contribution in [0.25, 0.3) is 0 Å². The Hall–Kier alpha value is -1.62. The molecule has 5 heteroatoms. The van der Waals surface area contributed by atoms with Crippen molar-refractivity contribution in [2.75, 3.05) is 19.8 Å². The second-order valence-corrected chi connectivity index (χ2v) is 3.97. The number of ether oxygens (including phenoxy) is 1. The SMILES string of the molecule is O=C(O)N1CC(CF)OCC1c1ccccc1. The molecule has 2 unspecified atom stereocenters. The first-order valence-electron chi connectivity index (χ1n) is 5.44. The maximum Gasteiger partial charge on any atom is 0.407 e. The Morgan fingerprint density at radius 2 is 2.18 bits per heavy atom. The first kappa shape index (κ1) is 11.9. The molecule has 0 spiro atoms. The molecule has 17 heavy (non-hydrogen) atoms. The number of benzene rings is 1. The van der Waals surface area contributed by atoms with E-state index in [2.05, 4.69) is 0 Å². The van der Waals surface area contributed by atoms with E-state index in [4.69, 9.17) is 9.84 Å². The van der Waals surface area contributed by atoms with Crippen molar-refractivity contribution in [2.24, 2.45) is 0 Å². The van der Waals surface area contributed by atoms with E-state index in [0.717, 1.165) is 5.56 Å². The summed E-state index contributed by atoms with van der Waals surface area (Å²) in [4.78, 5) is 12.4. The standard InChI is InChI=1S/C12H14FNO3/c13-6-10-7-14(12(15)16)11(8-17-10)9-4-2-1-3-5-9/h1-5,10-11H,6-8H2,(H,15,16). The summed E-state index contributed by atoms with van der Waals surface area (Å²) in [5.74, 6) is 0. The zero-order valence-electron chi connectivity index (χ0n) is 9.25. The number of halogens is 1. The monoisotopic (exact) mass is 239 g/mol. The average molecular weight is 239 g/mol. The first-order chi connectivity index (χ1) is 8.22. The molecule has 0 bridgehead atoms. The number of alkyl halides is 1. The fourth-order valence-corrected chi connectivity index (χ4v) is 1.97. The van der Waals surface area contributed by atoms with Gasteiger partial charge in [-0.05, 0) is 5.56 Å². The van der Waals surface area contributed by atoms with Crippen LogP contribution < -0.4 is 0 Å². The van der Waals surface area contributed by atoms with Crippen molar-refractivity contribution in [1.82, 2.24) is 4.90 Å². The van der Waals surface area contributed by atoms with Gasteiger partial charge in [-0.15, -0.1) is 0 Å². The minimum Gasteiger partial charge on any atom is -0.465 e. The fraction of sp³-hybridized carbons (Fsp3) is 0.417. The summed E-state index contributed by atoms with van der Waals surface area (Å²) in [5.41, 5.74) is 0.868. The Kier molecular flexibility index (Phi) is 3.58. The van der Waals surface area contributed by atoms with E-state index in [1.54, 1.807) is 0 Å². The number of carboxylic acid groups (broad SMARTS) is 1. The number of amides is 1. The summed E-state index contributed by atoms with van der Waals surface area (Å²) in [5, 5.41) is 9.13. The van der Waals surface area contributed by atoms with Crippen molar-refractivity contribution in [3.63, 3.8) is 0 Å². The van der Waals surface area contributed by atoms with E-state index in [-0.39, 0.29) is 19.2 Å². The highest BCUT2D eigenvalue weighted by molar-refractivity contribution is 5.66. The fourth-order valence-electron chi connectivity index (χ4n) is 1.97. The first-order valence-corrected chi connectivity index (χ1v) is 5.44. The van der Waals surface area contributed by atoms with Crippen molar-refractivity contribution in [3.8, 4) is 0 Å². The molecule has 0 aliphatic carbocycles. The summed E-state index contributed by atoms with van der Waals surface area (Å²) in [6, 6.07) is 8.89. The highest BCUT2D eigenvalue weighted by Crippen LogP contribution is 2.26. The quantitative estimate of drug-likeness (QED) is 0.859. The minimum absolute atomic E-state index is 0.0748. The number of carbonyl (C=O) groups is 1. The molecule has 2 rings (SSSR count). The van der Waals surface area contributed by atoms with Gasteiger partial charge in [-0.25, -0.2) is 9.18 Å². The molecule has 1 amide bonds. The number of rotatable bonds is 2. The molecular formula is C12H14FNO3. The van der Waals surface area contributed by atoms with Gasteiger partial charge in [0.2, 0.25) is 0 Å². The van der Waals surface area contributed by atoms with Gasteiger partial charge in [-0.1, -0.05) is 30.3 Å². The number of nitrogens with zero attached hydrogens (tertiary/aromatic N) is 1. The maximum absolute atomic E-state index is 12.5. The van der Waals surface area contributed by atoms with Crippen LogP contribution in [0.5, 0.6) is 0 Å². The Bertz CT molecular complexity index is 385. The summed E-state index contributed by atoms with van der Waals surface area (Å²) >= 11 is 0. The van der Waals surface area contributed by atoms with Gasteiger partial charge < -0.3 is 9.84 Å². The van der Waals surface area contributed by atoms with Crippen LogP contribution in [0.15, 0.2) is 30.3 Å². The topological polar surface area (TPSA) is 49.8 Å². The second kappa shape index (κ2) is 5.14. The zero-order valence-corrected chi connectivity index (χ0v) is 9.25. The van der Waals surface area contributed by atoms with Crippen LogP contribution in [0.4, 0.5) is 9.18 Å². The summed E-state index contributed by atoms with van der Waals surface area (Å²) in [6.45, 7) is -0.387. The van der Waals surface area contributed by atoms with Crippen LogP contribution >= 0.6 is 0 Å². The number of morpholine rings is 1. The Morgan fingerprint density at radius 3 is 2.76 bits per heavy atom. The van der Waals surface area contributed by atoms with E-state index in [0.29, 0.717) is 0 Å². The molecule has 1 aliphatic heterocycles. The molecule has 1 aliphatic rings. The molecule has 0 aromatic heterocycles. The van der Waals surface area contributed by atoms with E-state index < -0.39 is 18.9 Å². The molecule has 1 aromatic carbocycles. The summed E-state index contributed by atoms with van der Waals surface area (Å²) < 4.78 is 17.8. The van der Waals surface area contributed by atoms with Crippen molar-refractivity contribution in [3.05, 3.63) is 35.9 Å². The summed E-state index contributed by atoms with van der Waals surface area (Å²) in [7, 11) is 0. The lowest BCUT2D eigenvalue weighted by Crippen LogP contribution is -2.47. The smallest absolute Gasteiger partial charge is 0.407 e. The van der Waals surface area contributed by atoms with E-state index in [1.165, 1.54) is 4.90 Å². The molecule has 0 radical (unpaired) electrons. The Balaban J connectivity index is 2.19. The van der Waals surface area contributed by atoms with E-state index >= 15 is 0 Å². The Morgan fingerprint density at radius 1 is 1.47 bits per heavy atom. The molecule has 1 aromatic rings. The molecule has 92 valence electrons.